The van der Waals surface area contributed by atoms with E-state index in [0.717, 1.165) is 35.4 Å². The average molecular weight is 388 g/mol. The summed E-state index contributed by atoms with van der Waals surface area (Å²) in [7, 11) is 2.97. The Hall–Kier alpha value is -1.41. The normalized spacial score (nSPS) is 12.8. The van der Waals surface area contributed by atoms with Crippen LogP contribution in [0.25, 0.3) is 0 Å². The van der Waals surface area contributed by atoms with Crippen molar-refractivity contribution in [2.24, 2.45) is 0 Å². The van der Waals surface area contributed by atoms with Crippen LogP contribution in [0, 0.1) is 0 Å². The lowest BCUT2D eigenvalue weighted by molar-refractivity contribution is 0.172. The molecule has 2 atom stereocenters. The van der Waals surface area contributed by atoms with Crippen molar-refractivity contribution in [1.29, 1.82) is 0 Å². The Morgan fingerprint density at radius 3 is 2.22 bits per heavy atom. The maximum atomic E-state index is 9.55. The number of aliphatic hydroxyl groups is 1. The topological polar surface area (TPSA) is 32.7 Å². The number of aliphatic hydroxyl groups excluding tert-OH is 1. The molecule has 0 saturated carbocycles. The quantitative estimate of drug-likeness (QED) is 0.570. The fraction of sp³-hybridized carbons (Fsp3) is 0.478. The van der Waals surface area contributed by atoms with Gasteiger partial charge in [-0.3, -0.25) is 4.90 Å². The highest BCUT2D eigenvalue weighted by molar-refractivity contribution is 7.17. The zero-order chi connectivity index (χ0) is 19.8. The van der Waals surface area contributed by atoms with Crippen molar-refractivity contribution in [1.82, 2.24) is 4.90 Å². The van der Waals surface area contributed by atoms with Crippen molar-refractivity contribution >= 4 is 9.24 Å². The Balaban J connectivity index is 2.12. The molecule has 1 N–H and O–H groups in total. The van der Waals surface area contributed by atoms with E-state index in [-0.39, 0.29) is 12.3 Å². The molecule has 2 aromatic rings. The van der Waals surface area contributed by atoms with Gasteiger partial charge in [-0.2, -0.15) is 0 Å². The second-order valence-corrected chi connectivity index (χ2v) is 8.43. The van der Waals surface area contributed by atoms with Crippen molar-refractivity contribution in [2.45, 2.75) is 65.1 Å². The maximum absolute atomic E-state index is 9.55. The Labute approximate surface area is 167 Å². The van der Waals surface area contributed by atoms with Crippen LogP contribution in [0.4, 0.5) is 0 Å². The summed E-state index contributed by atoms with van der Waals surface area (Å²) in [4.78, 5) is 2.51. The van der Waals surface area contributed by atoms with E-state index in [1.54, 1.807) is 0 Å². The lowest BCUT2D eigenvalue weighted by Crippen LogP contribution is -2.38. The van der Waals surface area contributed by atoms with Gasteiger partial charge < -0.3 is 9.84 Å². The minimum absolute atomic E-state index is 0.0491. The van der Waals surface area contributed by atoms with Crippen LogP contribution < -0.4 is 4.74 Å². The molecule has 3 nitrogen and oxygen atoms in total. The Morgan fingerprint density at radius 2 is 1.63 bits per heavy atom. The van der Waals surface area contributed by atoms with Crippen molar-refractivity contribution in [3.05, 3.63) is 65.2 Å². The van der Waals surface area contributed by atoms with Gasteiger partial charge in [0.2, 0.25) is 0 Å². The molecule has 0 aromatic heterocycles. The molecule has 2 rings (SSSR count). The number of nitrogens with zero attached hydrogens (tertiary/aromatic N) is 1. The van der Waals surface area contributed by atoms with Gasteiger partial charge in [0.1, 0.15) is 12.4 Å². The van der Waals surface area contributed by atoms with Gasteiger partial charge in [-0.25, -0.2) is 0 Å². The summed E-state index contributed by atoms with van der Waals surface area (Å²) < 4.78 is 6.14. The Bertz CT molecular complexity index is 680. The minimum Gasteiger partial charge on any atom is -0.489 e. The van der Waals surface area contributed by atoms with Crippen molar-refractivity contribution < 1.29 is 9.84 Å². The Kier molecular flexibility index (Phi) is 8.76. The van der Waals surface area contributed by atoms with Gasteiger partial charge in [0.15, 0.2) is 0 Å². The van der Waals surface area contributed by atoms with Crippen LogP contribution in [0.3, 0.4) is 0 Å². The van der Waals surface area contributed by atoms with Gasteiger partial charge in [-0.15, -0.1) is 9.24 Å². The van der Waals surface area contributed by atoms with Crippen molar-refractivity contribution in [3.8, 4) is 5.75 Å². The molecule has 4 heteroatoms. The van der Waals surface area contributed by atoms with Gasteiger partial charge in [-0.1, -0.05) is 36.4 Å². The smallest absolute Gasteiger partial charge is 0.123 e. The van der Waals surface area contributed by atoms with Crippen LogP contribution in [0.2, 0.25) is 0 Å². The van der Waals surface area contributed by atoms with Gasteiger partial charge in [0.25, 0.3) is 0 Å². The van der Waals surface area contributed by atoms with Crippen LogP contribution >= 0.6 is 9.24 Å². The van der Waals surface area contributed by atoms with Crippen LogP contribution in [-0.2, 0) is 13.2 Å². The summed E-state index contributed by atoms with van der Waals surface area (Å²) in [5.41, 5.74) is 3.51. The molecule has 0 aliphatic rings. The highest BCUT2D eigenvalue weighted by atomic mass is 31.0. The highest BCUT2D eigenvalue weighted by Gasteiger charge is 2.18. The number of rotatable bonds is 10. The summed E-state index contributed by atoms with van der Waals surface area (Å²) in [6.45, 7) is 10.6. The van der Waals surface area contributed by atoms with E-state index in [1.807, 2.05) is 30.3 Å². The molecular formula is C23H34NO2P. The molecule has 0 amide bonds. The number of benzene rings is 2. The summed E-state index contributed by atoms with van der Waals surface area (Å²) in [6, 6.07) is 17.3. The maximum Gasteiger partial charge on any atom is 0.123 e. The van der Waals surface area contributed by atoms with Crippen molar-refractivity contribution in [2.75, 3.05) is 6.54 Å². The first-order valence-corrected chi connectivity index (χ1v) is 10.5. The first kappa shape index (κ1) is 21.9. The second kappa shape index (κ2) is 10.8. The molecule has 0 aliphatic heterocycles. The van der Waals surface area contributed by atoms with E-state index in [2.05, 4.69) is 60.0 Å². The molecule has 148 valence electrons. The molecular weight excluding hydrogens is 353 g/mol. The zero-order valence-corrected chi connectivity index (χ0v) is 18.2. The fourth-order valence-corrected chi connectivity index (χ4v) is 3.82. The molecule has 2 unspecified atom stereocenters. The molecule has 0 aliphatic carbocycles. The molecule has 2 aromatic carbocycles. The van der Waals surface area contributed by atoms with Crippen LogP contribution in [0.15, 0.2) is 48.5 Å². The van der Waals surface area contributed by atoms with E-state index in [9.17, 15) is 5.11 Å². The molecule has 0 heterocycles. The minimum atomic E-state index is 0.0491. The zero-order valence-electron chi connectivity index (χ0n) is 17.1. The van der Waals surface area contributed by atoms with Crippen molar-refractivity contribution in [3.63, 3.8) is 0 Å². The van der Waals surface area contributed by atoms with E-state index in [0.29, 0.717) is 18.7 Å². The summed E-state index contributed by atoms with van der Waals surface area (Å²) >= 11 is 0. The van der Waals surface area contributed by atoms with Crippen LogP contribution in [-0.4, -0.2) is 28.6 Å². The van der Waals surface area contributed by atoms with Crippen LogP contribution in [0.1, 0.15) is 56.5 Å². The number of hydrogen-bond acceptors (Lipinski definition) is 3. The molecule has 0 spiro atoms. The third-order valence-electron chi connectivity index (χ3n) is 4.92. The van der Waals surface area contributed by atoms with Gasteiger partial charge >= 0.3 is 0 Å². The lowest BCUT2D eigenvalue weighted by Gasteiger charge is -2.31. The second-order valence-electron chi connectivity index (χ2n) is 7.63. The predicted molar refractivity (Wildman–Crippen MR) is 117 cm³/mol. The summed E-state index contributed by atoms with van der Waals surface area (Å²) in [5, 5.41) is 9.55. The SMILES string of the molecule is CC(C)N(CCC(P)c1cc(CO)ccc1OCc1ccccc1)C(C)C. The predicted octanol–water partition coefficient (Wildman–Crippen LogP) is 5.18. The van der Waals surface area contributed by atoms with Gasteiger partial charge in [0.05, 0.1) is 6.61 Å². The third-order valence-corrected chi connectivity index (χ3v) is 5.61. The number of ether oxygens (including phenoxy) is 1. The van der Waals surface area contributed by atoms with Crippen LogP contribution in [0.5, 0.6) is 5.75 Å². The Morgan fingerprint density at radius 1 is 0.963 bits per heavy atom. The largest absolute Gasteiger partial charge is 0.489 e. The van der Waals surface area contributed by atoms with Gasteiger partial charge in [0, 0.05) is 23.3 Å². The summed E-state index contributed by atoms with van der Waals surface area (Å²) in [6.07, 6.45) is 1.03. The molecule has 0 saturated heterocycles. The summed E-state index contributed by atoms with van der Waals surface area (Å²) in [5.74, 6) is 0.900. The van der Waals surface area contributed by atoms with Gasteiger partial charge in [-0.05, 0) is 63.9 Å². The first-order chi connectivity index (χ1) is 12.9. The standard InChI is InChI=1S/C23H34NO2P/c1-17(2)24(18(3)4)13-12-23(27)21-14-20(15-25)10-11-22(21)26-16-19-8-6-5-7-9-19/h5-11,14,17-18,23,25H,12-13,15-16,27H2,1-4H3. The first-order valence-electron chi connectivity index (χ1n) is 9.84. The monoisotopic (exact) mass is 387 g/mol. The molecule has 0 fully saturated rings. The highest BCUT2D eigenvalue weighted by Crippen LogP contribution is 2.35. The average Bonchev–Trinajstić information content (AvgIpc) is 2.66. The third kappa shape index (κ3) is 6.60. The molecule has 0 radical (unpaired) electrons. The number of hydrogen-bond donors (Lipinski definition) is 1. The molecule has 0 bridgehead atoms. The van der Waals surface area contributed by atoms with E-state index < -0.39 is 0 Å². The fourth-order valence-electron chi connectivity index (χ4n) is 3.41. The van der Waals surface area contributed by atoms with E-state index in [4.69, 9.17) is 4.74 Å². The lowest BCUT2D eigenvalue weighted by atomic mass is 10.0. The molecule has 27 heavy (non-hydrogen) atoms. The van der Waals surface area contributed by atoms with E-state index >= 15 is 0 Å². The van der Waals surface area contributed by atoms with E-state index in [1.165, 1.54) is 0 Å².